The fraction of sp³-hybridized carbons (Fsp3) is 0.429. The molecule has 1 aromatic rings. The van der Waals surface area contributed by atoms with E-state index in [1.807, 2.05) is 0 Å². The second kappa shape index (κ2) is 7.37. The van der Waals surface area contributed by atoms with E-state index in [2.05, 4.69) is 14.9 Å². The number of methoxy groups -OCH3 is 2. The van der Waals surface area contributed by atoms with Gasteiger partial charge in [0.15, 0.2) is 5.69 Å². The van der Waals surface area contributed by atoms with Crippen molar-refractivity contribution in [1.29, 1.82) is 0 Å². The number of ether oxygens (including phenoxy) is 2. The number of H-pyrrole nitrogens is 1. The smallest absolute Gasteiger partial charge is 0.356 e. The molecule has 0 atom stereocenters. The number of aromatic nitrogens is 2. The first-order valence-electron chi connectivity index (χ1n) is 6.69. The molecule has 7 nitrogen and oxygen atoms in total. The van der Waals surface area contributed by atoms with Crippen LogP contribution in [0.1, 0.15) is 44.2 Å². The molecule has 2 rings (SSSR count). The van der Waals surface area contributed by atoms with Gasteiger partial charge in [-0.2, -0.15) is 5.10 Å². The standard InChI is InChI=1S/C14H16N2O5S/c1-20-5-3-4-6-22-9-7-8(17)11-10(13(9)18)12(16-15-11)14(19)21-2/h7H,3-6H2,1-2H3,(H,15,16). The summed E-state index contributed by atoms with van der Waals surface area (Å²) in [6.07, 6.45) is 3.01. The van der Waals surface area contributed by atoms with Crippen molar-refractivity contribution in [2.45, 2.75) is 12.8 Å². The number of thioether (sulfide) groups is 1. The molecule has 1 aliphatic carbocycles. The summed E-state index contributed by atoms with van der Waals surface area (Å²) in [4.78, 5) is 36.4. The predicted octanol–water partition coefficient (Wildman–Crippen LogP) is 1.62. The number of hydrogen-bond donors (Lipinski definition) is 1. The minimum absolute atomic E-state index is 0.00117. The number of nitrogens with one attached hydrogen (secondary N) is 1. The van der Waals surface area contributed by atoms with Crippen molar-refractivity contribution in [3.63, 3.8) is 0 Å². The molecule has 0 saturated carbocycles. The summed E-state index contributed by atoms with van der Waals surface area (Å²) in [5, 5.41) is 6.15. The van der Waals surface area contributed by atoms with Crippen molar-refractivity contribution in [1.82, 2.24) is 10.2 Å². The van der Waals surface area contributed by atoms with Gasteiger partial charge in [-0.05, 0) is 18.6 Å². The highest BCUT2D eigenvalue weighted by molar-refractivity contribution is 8.04. The Balaban J connectivity index is 2.13. The SMILES string of the molecule is COCCCCSC1=CC(=O)c2n[nH]c(C(=O)OC)c2C1=O. The Bertz CT molecular complexity index is 635. The van der Waals surface area contributed by atoms with E-state index >= 15 is 0 Å². The zero-order chi connectivity index (χ0) is 16.1. The molecule has 1 N–H and O–H groups in total. The quantitative estimate of drug-likeness (QED) is 0.601. The van der Waals surface area contributed by atoms with E-state index in [9.17, 15) is 14.4 Å². The van der Waals surface area contributed by atoms with Crippen molar-refractivity contribution < 1.29 is 23.9 Å². The maximum Gasteiger partial charge on any atom is 0.356 e. The second-order valence-corrected chi connectivity index (χ2v) is 5.70. The van der Waals surface area contributed by atoms with Crippen LogP contribution in [0.3, 0.4) is 0 Å². The zero-order valence-corrected chi connectivity index (χ0v) is 13.1. The number of Topliss-reactive ketones (excluding diaryl/α,β-unsaturated/α-hetero) is 1. The monoisotopic (exact) mass is 324 g/mol. The minimum atomic E-state index is -0.721. The maximum absolute atomic E-state index is 12.5. The van der Waals surface area contributed by atoms with Gasteiger partial charge in [-0.15, -0.1) is 11.8 Å². The van der Waals surface area contributed by atoms with Crippen LogP contribution in [0.4, 0.5) is 0 Å². The predicted molar refractivity (Wildman–Crippen MR) is 80.2 cm³/mol. The number of unbranched alkanes of at least 4 members (excludes halogenated alkanes) is 1. The van der Waals surface area contributed by atoms with E-state index in [1.165, 1.54) is 24.9 Å². The van der Waals surface area contributed by atoms with Crippen LogP contribution in [0.2, 0.25) is 0 Å². The molecule has 0 aliphatic heterocycles. The van der Waals surface area contributed by atoms with Gasteiger partial charge in [-0.3, -0.25) is 14.7 Å². The second-order valence-electron chi connectivity index (χ2n) is 4.56. The Morgan fingerprint density at radius 2 is 2.09 bits per heavy atom. The number of carbonyl (C=O) groups is 3. The first kappa shape index (κ1) is 16.4. The molecule has 0 spiro atoms. The Kier molecular flexibility index (Phi) is 5.51. The lowest BCUT2D eigenvalue weighted by Crippen LogP contribution is -2.18. The van der Waals surface area contributed by atoms with Crippen molar-refractivity contribution in [3.8, 4) is 0 Å². The third kappa shape index (κ3) is 3.28. The molecule has 8 heteroatoms. The van der Waals surface area contributed by atoms with Crippen LogP contribution >= 0.6 is 11.8 Å². The molecule has 0 amide bonds. The Morgan fingerprint density at radius 3 is 2.77 bits per heavy atom. The molecule has 0 unspecified atom stereocenters. The van der Waals surface area contributed by atoms with Crippen molar-refractivity contribution in [3.05, 3.63) is 27.9 Å². The summed E-state index contributed by atoms with van der Waals surface area (Å²) in [5.41, 5.74) is -0.116. The van der Waals surface area contributed by atoms with Crippen molar-refractivity contribution >= 4 is 29.3 Å². The first-order chi connectivity index (χ1) is 10.6. The zero-order valence-electron chi connectivity index (χ0n) is 12.3. The number of ketones is 2. The summed E-state index contributed by atoms with van der Waals surface area (Å²) in [7, 11) is 2.83. The van der Waals surface area contributed by atoms with Gasteiger partial charge >= 0.3 is 5.97 Å². The van der Waals surface area contributed by atoms with Gasteiger partial charge < -0.3 is 9.47 Å². The van der Waals surface area contributed by atoms with Crippen LogP contribution in [0, 0.1) is 0 Å². The van der Waals surface area contributed by atoms with Crippen LogP contribution in [0.15, 0.2) is 11.0 Å². The van der Waals surface area contributed by atoms with E-state index in [1.54, 1.807) is 7.11 Å². The van der Waals surface area contributed by atoms with E-state index in [0.29, 0.717) is 17.3 Å². The molecular formula is C14H16N2O5S. The molecule has 0 bridgehead atoms. The van der Waals surface area contributed by atoms with E-state index in [4.69, 9.17) is 4.74 Å². The maximum atomic E-state index is 12.5. The van der Waals surface area contributed by atoms with Crippen LogP contribution < -0.4 is 0 Å². The number of rotatable bonds is 7. The number of nitrogens with zero attached hydrogens (tertiary/aromatic N) is 1. The summed E-state index contributed by atoms with van der Waals surface area (Å²) < 4.78 is 9.54. The minimum Gasteiger partial charge on any atom is -0.464 e. The Labute approximate surface area is 131 Å². The molecule has 118 valence electrons. The van der Waals surface area contributed by atoms with E-state index < -0.39 is 5.97 Å². The molecule has 22 heavy (non-hydrogen) atoms. The normalized spacial score (nSPS) is 13.8. The molecule has 1 heterocycles. The lowest BCUT2D eigenvalue weighted by Gasteiger charge is -2.11. The molecule has 0 fully saturated rings. The average Bonchev–Trinajstić information content (AvgIpc) is 2.96. The van der Waals surface area contributed by atoms with Crippen LogP contribution in [-0.2, 0) is 9.47 Å². The number of esters is 1. The fourth-order valence-corrected chi connectivity index (χ4v) is 3.00. The number of fused-ring (bicyclic) bond motifs is 1. The highest BCUT2D eigenvalue weighted by Crippen LogP contribution is 2.30. The number of hydrogen-bond acceptors (Lipinski definition) is 7. The first-order valence-corrected chi connectivity index (χ1v) is 7.67. The number of carbonyl (C=O) groups excluding carboxylic acids is 3. The fourth-order valence-electron chi connectivity index (χ4n) is 2.01. The third-order valence-electron chi connectivity index (χ3n) is 3.10. The summed E-state index contributed by atoms with van der Waals surface area (Å²) >= 11 is 1.30. The summed E-state index contributed by atoms with van der Waals surface area (Å²) in [5.74, 6) is -0.795. The molecule has 1 aliphatic rings. The largest absolute Gasteiger partial charge is 0.464 e. The highest BCUT2D eigenvalue weighted by atomic mass is 32.2. The average molecular weight is 324 g/mol. The van der Waals surface area contributed by atoms with Gasteiger partial charge in [0.1, 0.15) is 5.69 Å². The third-order valence-corrected chi connectivity index (χ3v) is 4.21. The molecule has 0 aromatic carbocycles. The van der Waals surface area contributed by atoms with Gasteiger partial charge in [0.25, 0.3) is 0 Å². The van der Waals surface area contributed by atoms with Crippen LogP contribution in [0.5, 0.6) is 0 Å². The molecular weight excluding hydrogens is 308 g/mol. The number of allylic oxidation sites excluding steroid dienone is 2. The van der Waals surface area contributed by atoms with Gasteiger partial charge in [0, 0.05) is 19.8 Å². The van der Waals surface area contributed by atoms with Gasteiger partial charge in [0.2, 0.25) is 11.6 Å². The van der Waals surface area contributed by atoms with E-state index in [-0.39, 0.29) is 28.5 Å². The van der Waals surface area contributed by atoms with Crippen molar-refractivity contribution in [2.75, 3.05) is 26.6 Å². The highest BCUT2D eigenvalue weighted by Gasteiger charge is 2.34. The van der Waals surface area contributed by atoms with Crippen molar-refractivity contribution in [2.24, 2.45) is 0 Å². The van der Waals surface area contributed by atoms with E-state index in [0.717, 1.165) is 12.8 Å². The van der Waals surface area contributed by atoms with Gasteiger partial charge in [0.05, 0.1) is 17.6 Å². The molecule has 1 aromatic heterocycles. The lowest BCUT2D eigenvalue weighted by molar-refractivity contribution is 0.0591. The van der Waals surface area contributed by atoms with Gasteiger partial charge in [-0.25, -0.2) is 4.79 Å². The van der Waals surface area contributed by atoms with Gasteiger partial charge in [-0.1, -0.05) is 0 Å². The summed E-state index contributed by atoms with van der Waals surface area (Å²) in [6, 6.07) is 0. The van der Waals surface area contributed by atoms with Crippen LogP contribution in [0.25, 0.3) is 0 Å². The number of aromatic amines is 1. The molecule has 0 saturated heterocycles. The van der Waals surface area contributed by atoms with Crippen LogP contribution in [-0.4, -0.2) is 54.3 Å². The lowest BCUT2D eigenvalue weighted by atomic mass is 9.99. The molecule has 0 radical (unpaired) electrons. The topological polar surface area (TPSA) is 98.3 Å². The summed E-state index contributed by atoms with van der Waals surface area (Å²) in [6.45, 7) is 0.658. The Hall–Kier alpha value is -1.93. The Morgan fingerprint density at radius 1 is 1.32 bits per heavy atom.